The van der Waals surface area contributed by atoms with E-state index in [2.05, 4.69) is 0 Å². The molecule has 1 aliphatic carbocycles. The fraction of sp³-hybridized carbons (Fsp3) is 0.533. The highest BCUT2D eigenvalue weighted by Crippen LogP contribution is 2.29. The first-order valence-corrected chi connectivity index (χ1v) is 13.7. The highest BCUT2D eigenvalue weighted by Gasteiger charge is 2.27. The van der Waals surface area contributed by atoms with Gasteiger partial charge in [0.25, 0.3) is 0 Å². The lowest BCUT2D eigenvalue weighted by Crippen LogP contribution is -2.30. The van der Waals surface area contributed by atoms with Gasteiger partial charge in [0.05, 0.1) is 18.8 Å². The Hall–Kier alpha value is -3.23. The highest BCUT2D eigenvalue weighted by molar-refractivity contribution is 5.91. The van der Waals surface area contributed by atoms with Gasteiger partial charge < -0.3 is 18.9 Å². The molecule has 1 saturated carbocycles. The number of halogens is 3. The largest absolute Gasteiger partial charge is 0.493 e. The molecule has 2 aromatic rings. The van der Waals surface area contributed by atoms with E-state index in [4.69, 9.17) is 18.9 Å². The normalized spacial score (nSPS) is 17.8. The number of alkyl halides is 1. The summed E-state index contributed by atoms with van der Waals surface area (Å²) in [7, 11) is 0. The fourth-order valence-electron chi connectivity index (χ4n) is 4.26. The maximum absolute atomic E-state index is 14.4. The zero-order valence-electron chi connectivity index (χ0n) is 22.6. The number of hydrogen-bond acceptors (Lipinski definition) is 6. The number of hydrogen-bond donors (Lipinski definition) is 0. The molecule has 1 fully saturated rings. The van der Waals surface area contributed by atoms with E-state index in [9.17, 15) is 22.8 Å². The predicted molar refractivity (Wildman–Crippen MR) is 140 cm³/mol. The molecule has 0 N–H and O–H groups in total. The zero-order chi connectivity index (χ0) is 28.2. The van der Waals surface area contributed by atoms with Gasteiger partial charge in [-0.15, -0.1) is 0 Å². The summed E-state index contributed by atoms with van der Waals surface area (Å²) in [6.07, 6.45) is 4.35. The first-order valence-electron chi connectivity index (χ1n) is 13.7. The summed E-state index contributed by atoms with van der Waals surface area (Å²) in [6.45, 7) is 4.61. The van der Waals surface area contributed by atoms with Crippen LogP contribution in [0.15, 0.2) is 36.4 Å². The average Bonchev–Trinajstić information content (AvgIpc) is 2.94. The Morgan fingerprint density at radius 1 is 0.872 bits per heavy atom. The SMILES string of the molecule is CCCCOc1ccc(C(=O)Oc2ccc(OCC3CCC(OC(=O)[C@@H](F)CCCC)CC3)cc2)c(F)c1F. The van der Waals surface area contributed by atoms with Gasteiger partial charge in [0.2, 0.25) is 5.82 Å². The topological polar surface area (TPSA) is 71.1 Å². The molecular weight excluding hydrogens is 513 g/mol. The van der Waals surface area contributed by atoms with Gasteiger partial charge in [-0.05, 0) is 80.8 Å². The van der Waals surface area contributed by atoms with Crippen LogP contribution in [-0.2, 0) is 9.53 Å². The minimum atomic E-state index is -1.55. The molecule has 0 aromatic heterocycles. The van der Waals surface area contributed by atoms with E-state index in [0.29, 0.717) is 38.0 Å². The van der Waals surface area contributed by atoms with Crippen molar-refractivity contribution in [3.63, 3.8) is 0 Å². The summed E-state index contributed by atoms with van der Waals surface area (Å²) in [6, 6.07) is 8.60. The third-order valence-corrected chi connectivity index (χ3v) is 6.69. The second-order valence-corrected chi connectivity index (χ2v) is 9.80. The van der Waals surface area contributed by atoms with Gasteiger partial charge in [-0.1, -0.05) is 33.1 Å². The molecule has 0 spiro atoms. The van der Waals surface area contributed by atoms with Crippen LogP contribution in [0.5, 0.6) is 17.2 Å². The Bertz CT molecular complexity index is 1070. The highest BCUT2D eigenvalue weighted by atomic mass is 19.2. The summed E-state index contributed by atoms with van der Waals surface area (Å²) in [5.41, 5.74) is -0.528. The van der Waals surface area contributed by atoms with E-state index in [1.54, 1.807) is 12.1 Å². The predicted octanol–water partition coefficient (Wildman–Crippen LogP) is 7.37. The second-order valence-electron chi connectivity index (χ2n) is 9.80. The van der Waals surface area contributed by atoms with Gasteiger partial charge in [-0.25, -0.2) is 18.4 Å². The summed E-state index contributed by atoms with van der Waals surface area (Å²) in [5, 5.41) is 0. The lowest BCUT2D eigenvalue weighted by Gasteiger charge is -2.28. The molecule has 0 unspecified atom stereocenters. The van der Waals surface area contributed by atoms with E-state index >= 15 is 0 Å². The van der Waals surface area contributed by atoms with E-state index < -0.39 is 35.3 Å². The van der Waals surface area contributed by atoms with Crippen LogP contribution >= 0.6 is 0 Å². The lowest BCUT2D eigenvalue weighted by molar-refractivity contribution is -0.157. The lowest BCUT2D eigenvalue weighted by atomic mass is 9.88. The van der Waals surface area contributed by atoms with Crippen LogP contribution < -0.4 is 14.2 Å². The van der Waals surface area contributed by atoms with Gasteiger partial charge in [0, 0.05) is 0 Å². The Labute approximate surface area is 227 Å². The molecule has 0 amide bonds. The summed E-state index contributed by atoms with van der Waals surface area (Å²) < 4.78 is 64.1. The number of esters is 2. The van der Waals surface area contributed by atoms with Gasteiger partial charge in [0.1, 0.15) is 17.6 Å². The number of carbonyl (C=O) groups is 2. The van der Waals surface area contributed by atoms with Crippen LogP contribution in [0.4, 0.5) is 13.2 Å². The van der Waals surface area contributed by atoms with Crippen molar-refractivity contribution in [2.24, 2.45) is 5.92 Å². The molecule has 1 aliphatic rings. The standard InChI is InChI=1S/C30H37F3O6/c1-3-5-7-25(31)30(35)39-22-10-8-20(9-11-22)19-37-21-12-14-23(15-13-21)38-29(34)24-16-17-26(28(33)27(24)32)36-18-6-4-2/h12-17,20,22,25H,3-11,18-19H2,1-2H3/t20?,22?,25-/m0/s1. The molecule has 0 radical (unpaired) electrons. The Morgan fingerprint density at radius 2 is 1.54 bits per heavy atom. The average molecular weight is 551 g/mol. The molecule has 214 valence electrons. The third kappa shape index (κ3) is 9.18. The number of unbranched alkanes of at least 4 members (excludes halogenated alkanes) is 2. The van der Waals surface area contributed by atoms with Gasteiger partial charge in [0.15, 0.2) is 17.7 Å². The van der Waals surface area contributed by atoms with Crippen LogP contribution in [0.25, 0.3) is 0 Å². The molecular formula is C30H37F3O6. The molecule has 6 nitrogen and oxygen atoms in total. The van der Waals surface area contributed by atoms with Crippen molar-refractivity contribution < 1.29 is 41.7 Å². The Kier molecular flexibility index (Phi) is 12.0. The minimum Gasteiger partial charge on any atom is -0.493 e. The first kappa shape index (κ1) is 30.3. The molecule has 3 rings (SSSR count). The van der Waals surface area contributed by atoms with Crippen LogP contribution in [0.1, 0.15) is 82.0 Å². The van der Waals surface area contributed by atoms with Crippen molar-refractivity contribution in [1.29, 1.82) is 0 Å². The van der Waals surface area contributed by atoms with E-state index in [1.165, 1.54) is 18.2 Å². The van der Waals surface area contributed by atoms with Crippen LogP contribution in [0.3, 0.4) is 0 Å². The first-order chi connectivity index (χ1) is 18.8. The van der Waals surface area contributed by atoms with Gasteiger partial charge >= 0.3 is 11.9 Å². The molecule has 1 atom stereocenters. The monoisotopic (exact) mass is 550 g/mol. The third-order valence-electron chi connectivity index (χ3n) is 6.69. The second kappa shape index (κ2) is 15.4. The van der Waals surface area contributed by atoms with Crippen molar-refractivity contribution in [3.8, 4) is 17.2 Å². The molecule has 0 saturated heterocycles. The number of ether oxygens (including phenoxy) is 4. The van der Waals surface area contributed by atoms with Crippen LogP contribution in [-0.4, -0.2) is 37.4 Å². The summed E-state index contributed by atoms with van der Waals surface area (Å²) in [4.78, 5) is 24.3. The minimum absolute atomic E-state index is 0.155. The molecule has 0 bridgehead atoms. The Morgan fingerprint density at radius 3 is 2.21 bits per heavy atom. The fourth-order valence-corrected chi connectivity index (χ4v) is 4.26. The van der Waals surface area contributed by atoms with Gasteiger partial charge in [-0.2, -0.15) is 4.39 Å². The van der Waals surface area contributed by atoms with Crippen molar-refractivity contribution in [3.05, 3.63) is 53.6 Å². The molecule has 0 heterocycles. The van der Waals surface area contributed by atoms with E-state index in [-0.39, 0.29) is 36.5 Å². The zero-order valence-corrected chi connectivity index (χ0v) is 22.6. The van der Waals surface area contributed by atoms with E-state index in [1.807, 2.05) is 13.8 Å². The number of rotatable bonds is 14. The number of benzene rings is 2. The maximum atomic E-state index is 14.4. The Balaban J connectivity index is 1.42. The van der Waals surface area contributed by atoms with Crippen molar-refractivity contribution in [1.82, 2.24) is 0 Å². The van der Waals surface area contributed by atoms with Crippen LogP contribution in [0.2, 0.25) is 0 Å². The maximum Gasteiger partial charge on any atom is 0.346 e. The van der Waals surface area contributed by atoms with E-state index in [0.717, 1.165) is 31.7 Å². The van der Waals surface area contributed by atoms with Crippen LogP contribution in [0, 0.1) is 17.6 Å². The summed E-state index contributed by atoms with van der Waals surface area (Å²) >= 11 is 0. The van der Waals surface area contributed by atoms with Gasteiger partial charge in [-0.3, -0.25) is 0 Å². The smallest absolute Gasteiger partial charge is 0.346 e. The molecule has 0 aliphatic heterocycles. The van der Waals surface area contributed by atoms with Crippen molar-refractivity contribution in [2.75, 3.05) is 13.2 Å². The molecule has 39 heavy (non-hydrogen) atoms. The molecule has 9 heteroatoms. The number of carbonyl (C=O) groups excluding carboxylic acids is 2. The quantitative estimate of drug-likeness (QED) is 0.139. The van der Waals surface area contributed by atoms with Crippen molar-refractivity contribution in [2.45, 2.75) is 83.9 Å². The van der Waals surface area contributed by atoms with Crippen molar-refractivity contribution >= 4 is 11.9 Å². The molecule has 2 aromatic carbocycles. The summed E-state index contributed by atoms with van der Waals surface area (Å²) in [5.74, 6) is -3.59.